The van der Waals surface area contributed by atoms with Crippen LogP contribution in [0.1, 0.15) is 21.5 Å². The summed E-state index contributed by atoms with van der Waals surface area (Å²) in [6.45, 7) is 2.62. The van der Waals surface area contributed by atoms with Gasteiger partial charge in [0.15, 0.2) is 0 Å². The minimum Gasteiger partial charge on any atom is -0.478 e. The molecule has 2 aromatic rings. The van der Waals surface area contributed by atoms with Crippen LogP contribution in [-0.4, -0.2) is 18.1 Å². The minimum absolute atomic E-state index is 0.346. The van der Waals surface area contributed by atoms with E-state index in [1.54, 1.807) is 12.1 Å². The molecule has 2 aromatic carbocycles. The zero-order valence-electron chi connectivity index (χ0n) is 11.1. The highest BCUT2D eigenvalue weighted by Gasteiger charge is 2.15. The average Bonchev–Trinajstić information content (AvgIpc) is 2.39. The van der Waals surface area contributed by atoms with E-state index in [0.29, 0.717) is 12.1 Å². The number of aromatic carboxylic acids is 1. The van der Waals surface area contributed by atoms with Crippen LogP contribution in [0.4, 0.5) is 5.69 Å². The maximum Gasteiger partial charge on any atom is 0.337 e. The van der Waals surface area contributed by atoms with E-state index in [0.717, 1.165) is 16.8 Å². The molecule has 0 aliphatic heterocycles. The molecule has 0 aromatic heterocycles. The summed E-state index contributed by atoms with van der Waals surface area (Å²) in [5.41, 5.74) is 3.25. The molecule has 0 saturated heterocycles. The van der Waals surface area contributed by atoms with E-state index in [1.165, 1.54) is 0 Å². The van der Waals surface area contributed by atoms with Gasteiger partial charge in [-0.25, -0.2) is 4.79 Å². The number of carbonyl (C=O) groups is 1. The highest BCUT2D eigenvalue weighted by atomic mass is 16.4. The first kappa shape index (κ1) is 13.1. The molecule has 0 heterocycles. The van der Waals surface area contributed by atoms with Crippen LogP contribution < -0.4 is 4.90 Å². The summed E-state index contributed by atoms with van der Waals surface area (Å²) in [6.07, 6.45) is 0. The van der Waals surface area contributed by atoms with Crippen LogP contribution in [0.2, 0.25) is 0 Å². The van der Waals surface area contributed by atoms with E-state index in [-0.39, 0.29) is 0 Å². The molecular formula is C16H17NO2. The second kappa shape index (κ2) is 5.57. The Morgan fingerprint density at radius 3 is 2.42 bits per heavy atom. The first-order valence-electron chi connectivity index (χ1n) is 6.17. The van der Waals surface area contributed by atoms with Crippen LogP contribution in [0.3, 0.4) is 0 Å². The molecular weight excluding hydrogens is 238 g/mol. The Kier molecular flexibility index (Phi) is 3.85. The smallest absolute Gasteiger partial charge is 0.337 e. The molecule has 3 nitrogen and oxygen atoms in total. The number of hydrogen-bond acceptors (Lipinski definition) is 2. The Labute approximate surface area is 113 Å². The standard InChI is InChI=1S/C16H17NO2/c1-12-7-6-10-14(16(18)19)15(12)17(2)11-13-8-4-3-5-9-13/h3-10H,11H2,1-2H3,(H,18,19). The molecule has 0 aliphatic rings. The van der Waals surface area contributed by atoms with E-state index >= 15 is 0 Å². The fraction of sp³-hybridized carbons (Fsp3) is 0.188. The summed E-state index contributed by atoms with van der Waals surface area (Å²) in [6, 6.07) is 15.4. The Morgan fingerprint density at radius 2 is 1.79 bits per heavy atom. The number of benzene rings is 2. The van der Waals surface area contributed by atoms with Gasteiger partial charge in [0.2, 0.25) is 0 Å². The number of rotatable bonds is 4. The number of anilines is 1. The lowest BCUT2D eigenvalue weighted by molar-refractivity contribution is 0.0697. The van der Waals surface area contributed by atoms with Crippen molar-refractivity contribution in [1.82, 2.24) is 0 Å². The van der Waals surface area contributed by atoms with Crippen molar-refractivity contribution < 1.29 is 9.90 Å². The number of nitrogens with zero attached hydrogens (tertiary/aromatic N) is 1. The van der Waals surface area contributed by atoms with Gasteiger partial charge in [0.25, 0.3) is 0 Å². The van der Waals surface area contributed by atoms with Crippen molar-refractivity contribution in [2.45, 2.75) is 13.5 Å². The van der Waals surface area contributed by atoms with E-state index < -0.39 is 5.97 Å². The van der Waals surface area contributed by atoms with Crippen LogP contribution in [0.15, 0.2) is 48.5 Å². The third kappa shape index (κ3) is 2.94. The fourth-order valence-corrected chi connectivity index (χ4v) is 2.27. The van der Waals surface area contributed by atoms with Gasteiger partial charge in [-0.3, -0.25) is 0 Å². The summed E-state index contributed by atoms with van der Waals surface area (Å²) in [4.78, 5) is 13.3. The summed E-state index contributed by atoms with van der Waals surface area (Å²) in [5, 5.41) is 9.28. The molecule has 1 N–H and O–H groups in total. The summed E-state index contributed by atoms with van der Waals surface area (Å²) in [7, 11) is 1.92. The largest absolute Gasteiger partial charge is 0.478 e. The van der Waals surface area contributed by atoms with Crippen LogP contribution in [-0.2, 0) is 6.54 Å². The van der Waals surface area contributed by atoms with Gasteiger partial charge in [-0.1, -0.05) is 42.5 Å². The molecule has 0 atom stereocenters. The zero-order chi connectivity index (χ0) is 13.8. The maximum absolute atomic E-state index is 11.3. The Balaban J connectivity index is 2.33. The lowest BCUT2D eigenvalue weighted by Crippen LogP contribution is -2.20. The van der Waals surface area contributed by atoms with Gasteiger partial charge in [0, 0.05) is 13.6 Å². The highest BCUT2D eigenvalue weighted by Crippen LogP contribution is 2.25. The van der Waals surface area contributed by atoms with Gasteiger partial charge >= 0.3 is 5.97 Å². The van der Waals surface area contributed by atoms with Crippen LogP contribution in [0.25, 0.3) is 0 Å². The van der Waals surface area contributed by atoms with Crippen LogP contribution >= 0.6 is 0 Å². The normalized spacial score (nSPS) is 10.2. The van der Waals surface area contributed by atoms with E-state index in [1.807, 2.05) is 55.3 Å². The molecule has 98 valence electrons. The number of aryl methyl sites for hydroxylation is 1. The zero-order valence-corrected chi connectivity index (χ0v) is 11.1. The molecule has 0 radical (unpaired) electrons. The molecule has 0 spiro atoms. The van der Waals surface area contributed by atoms with Crippen molar-refractivity contribution >= 4 is 11.7 Å². The maximum atomic E-state index is 11.3. The predicted octanol–water partition coefficient (Wildman–Crippen LogP) is 3.33. The lowest BCUT2D eigenvalue weighted by Gasteiger charge is -2.23. The van der Waals surface area contributed by atoms with Crippen molar-refractivity contribution in [2.24, 2.45) is 0 Å². The SMILES string of the molecule is Cc1cccc(C(=O)O)c1N(C)Cc1ccccc1. The van der Waals surface area contributed by atoms with E-state index in [4.69, 9.17) is 0 Å². The van der Waals surface area contributed by atoms with Crippen molar-refractivity contribution in [2.75, 3.05) is 11.9 Å². The van der Waals surface area contributed by atoms with Gasteiger partial charge in [-0.05, 0) is 24.1 Å². The van der Waals surface area contributed by atoms with Gasteiger partial charge in [0.1, 0.15) is 0 Å². The number of para-hydroxylation sites is 1. The average molecular weight is 255 g/mol. The summed E-state index contributed by atoms with van der Waals surface area (Å²) in [5.74, 6) is -0.890. The summed E-state index contributed by atoms with van der Waals surface area (Å²) >= 11 is 0. The quantitative estimate of drug-likeness (QED) is 0.911. The van der Waals surface area contributed by atoms with Gasteiger partial charge in [0.05, 0.1) is 11.3 Å². The van der Waals surface area contributed by atoms with Crippen LogP contribution in [0, 0.1) is 6.92 Å². The Morgan fingerprint density at radius 1 is 1.11 bits per heavy atom. The molecule has 0 fully saturated rings. The molecule has 2 rings (SSSR count). The fourth-order valence-electron chi connectivity index (χ4n) is 2.27. The summed E-state index contributed by atoms with van der Waals surface area (Å²) < 4.78 is 0. The third-order valence-electron chi connectivity index (χ3n) is 3.11. The van der Waals surface area contributed by atoms with Crippen molar-refractivity contribution in [1.29, 1.82) is 0 Å². The molecule has 3 heteroatoms. The topological polar surface area (TPSA) is 40.5 Å². The number of carboxylic acid groups (broad SMARTS) is 1. The van der Waals surface area contributed by atoms with Gasteiger partial charge < -0.3 is 10.0 Å². The Bertz CT molecular complexity index is 579. The van der Waals surface area contributed by atoms with E-state index in [2.05, 4.69) is 0 Å². The first-order chi connectivity index (χ1) is 9.09. The minimum atomic E-state index is -0.890. The van der Waals surface area contributed by atoms with Crippen LogP contribution in [0.5, 0.6) is 0 Å². The van der Waals surface area contributed by atoms with Crippen molar-refractivity contribution in [3.05, 3.63) is 65.2 Å². The number of hydrogen-bond donors (Lipinski definition) is 1. The molecule has 0 saturated carbocycles. The Hall–Kier alpha value is -2.29. The molecule has 0 unspecified atom stereocenters. The molecule has 0 amide bonds. The predicted molar refractivity (Wildman–Crippen MR) is 76.7 cm³/mol. The highest BCUT2D eigenvalue weighted by molar-refractivity contribution is 5.95. The second-order valence-electron chi connectivity index (χ2n) is 4.62. The first-order valence-corrected chi connectivity index (χ1v) is 6.17. The van der Waals surface area contributed by atoms with Crippen molar-refractivity contribution in [3.63, 3.8) is 0 Å². The van der Waals surface area contributed by atoms with Gasteiger partial charge in [-0.15, -0.1) is 0 Å². The third-order valence-corrected chi connectivity index (χ3v) is 3.11. The molecule has 19 heavy (non-hydrogen) atoms. The van der Waals surface area contributed by atoms with Crippen molar-refractivity contribution in [3.8, 4) is 0 Å². The second-order valence-corrected chi connectivity index (χ2v) is 4.62. The van der Waals surface area contributed by atoms with E-state index in [9.17, 15) is 9.90 Å². The monoisotopic (exact) mass is 255 g/mol. The molecule has 0 aliphatic carbocycles. The molecule has 0 bridgehead atoms. The van der Waals surface area contributed by atoms with Gasteiger partial charge in [-0.2, -0.15) is 0 Å². The number of carboxylic acids is 1. The lowest BCUT2D eigenvalue weighted by atomic mass is 10.1.